The highest BCUT2D eigenvalue weighted by Gasteiger charge is 2.12. The molecule has 0 bridgehead atoms. The Labute approximate surface area is 155 Å². The number of ether oxygens (including phenoxy) is 1. The Morgan fingerprint density at radius 1 is 0.926 bits per heavy atom. The van der Waals surface area contributed by atoms with Crippen molar-refractivity contribution < 1.29 is 9.53 Å². The molecule has 0 amide bonds. The number of benzene rings is 2. The molecule has 0 fully saturated rings. The van der Waals surface area contributed by atoms with Crippen molar-refractivity contribution in [3.8, 4) is 5.69 Å². The highest BCUT2D eigenvalue weighted by atomic mass is 16.5. The minimum atomic E-state index is -0.414. The zero-order chi connectivity index (χ0) is 18.5. The lowest BCUT2D eigenvalue weighted by molar-refractivity contribution is 0.0457. The van der Waals surface area contributed by atoms with Crippen molar-refractivity contribution in [1.29, 1.82) is 0 Å². The monoisotopic (exact) mass is 359 g/mol. The molecule has 0 N–H and O–H groups in total. The summed E-state index contributed by atoms with van der Waals surface area (Å²) in [4.78, 5) is 12.3. The van der Waals surface area contributed by atoms with Gasteiger partial charge in [0, 0.05) is 18.1 Å². The molecule has 27 heavy (non-hydrogen) atoms. The minimum Gasteiger partial charge on any atom is -0.454 e. The highest BCUT2D eigenvalue weighted by Crippen LogP contribution is 2.12. The smallest absolute Gasteiger partial charge is 0.338 e. The first-order chi connectivity index (χ1) is 13.3. The van der Waals surface area contributed by atoms with Crippen LogP contribution < -0.4 is 0 Å². The molecular formula is C20H17N5O2. The normalized spacial score (nSPS) is 10.7. The van der Waals surface area contributed by atoms with Crippen LogP contribution in [0.5, 0.6) is 0 Å². The minimum absolute atomic E-state index is 0.0119. The molecule has 0 aliphatic rings. The van der Waals surface area contributed by atoms with Crippen LogP contribution in [0.1, 0.15) is 21.7 Å². The Morgan fingerprint density at radius 2 is 1.67 bits per heavy atom. The van der Waals surface area contributed by atoms with Gasteiger partial charge in [0.2, 0.25) is 0 Å². The molecule has 0 atom stereocenters. The first kappa shape index (κ1) is 16.7. The predicted octanol–water partition coefficient (Wildman–Crippen LogP) is 2.87. The molecule has 7 heteroatoms. The van der Waals surface area contributed by atoms with Crippen molar-refractivity contribution in [1.82, 2.24) is 24.8 Å². The van der Waals surface area contributed by atoms with E-state index in [-0.39, 0.29) is 6.61 Å². The summed E-state index contributed by atoms with van der Waals surface area (Å²) in [5.41, 5.74) is 2.52. The number of tetrazole rings is 1. The number of carbonyl (C=O) groups excluding carboxylic acids is 1. The number of aromatic nitrogens is 5. The van der Waals surface area contributed by atoms with Gasteiger partial charge in [0.05, 0.1) is 12.1 Å². The summed E-state index contributed by atoms with van der Waals surface area (Å²) in [5.74, 6) is 0.0829. The molecule has 134 valence electrons. The summed E-state index contributed by atoms with van der Waals surface area (Å²) in [7, 11) is 0. The standard InChI is InChI=1S/C20H17N5O2/c26-20(17-8-10-18(11-9-17)24-12-4-5-13-24)27-15-19-21-22-23-25(19)14-16-6-2-1-3-7-16/h1-13H,14-15H2. The Kier molecular flexibility index (Phi) is 4.74. The van der Waals surface area contributed by atoms with E-state index in [0.717, 1.165) is 11.3 Å². The number of esters is 1. The van der Waals surface area contributed by atoms with Gasteiger partial charge in [-0.3, -0.25) is 0 Å². The van der Waals surface area contributed by atoms with Crippen LogP contribution in [0, 0.1) is 0 Å². The Balaban J connectivity index is 1.39. The number of hydrogen-bond acceptors (Lipinski definition) is 5. The van der Waals surface area contributed by atoms with Gasteiger partial charge in [-0.2, -0.15) is 0 Å². The maximum absolute atomic E-state index is 12.3. The van der Waals surface area contributed by atoms with E-state index in [1.807, 2.05) is 71.6 Å². The van der Waals surface area contributed by atoms with Crippen LogP contribution in [-0.4, -0.2) is 30.7 Å². The molecule has 0 unspecified atom stereocenters. The molecule has 0 aliphatic heterocycles. The third-order valence-corrected chi connectivity index (χ3v) is 4.12. The van der Waals surface area contributed by atoms with Gasteiger partial charge in [0.25, 0.3) is 0 Å². The zero-order valence-electron chi connectivity index (χ0n) is 14.5. The summed E-state index contributed by atoms with van der Waals surface area (Å²) >= 11 is 0. The lowest BCUT2D eigenvalue weighted by Gasteiger charge is -2.07. The number of rotatable bonds is 6. The van der Waals surface area contributed by atoms with Crippen molar-refractivity contribution >= 4 is 5.97 Å². The fourth-order valence-corrected chi connectivity index (χ4v) is 2.70. The van der Waals surface area contributed by atoms with Gasteiger partial charge in [-0.25, -0.2) is 9.48 Å². The lowest BCUT2D eigenvalue weighted by atomic mass is 10.2. The molecule has 7 nitrogen and oxygen atoms in total. The van der Waals surface area contributed by atoms with E-state index < -0.39 is 5.97 Å². The topological polar surface area (TPSA) is 74.8 Å². The molecule has 0 radical (unpaired) electrons. The van der Waals surface area contributed by atoms with Crippen molar-refractivity contribution in [3.63, 3.8) is 0 Å². The van der Waals surface area contributed by atoms with Crippen molar-refractivity contribution in [3.05, 3.63) is 96.1 Å². The summed E-state index contributed by atoms with van der Waals surface area (Å²) < 4.78 is 8.96. The second kappa shape index (κ2) is 7.65. The maximum atomic E-state index is 12.3. The van der Waals surface area contributed by atoms with Gasteiger partial charge < -0.3 is 9.30 Å². The molecule has 0 aliphatic carbocycles. The van der Waals surface area contributed by atoms with E-state index in [1.54, 1.807) is 16.8 Å². The van der Waals surface area contributed by atoms with Crippen molar-refractivity contribution in [2.45, 2.75) is 13.2 Å². The average Bonchev–Trinajstić information content (AvgIpc) is 3.39. The Hall–Kier alpha value is -3.74. The molecule has 2 heterocycles. The summed E-state index contributed by atoms with van der Waals surface area (Å²) in [6.45, 7) is 0.532. The van der Waals surface area contributed by atoms with Gasteiger partial charge in [0.1, 0.15) is 0 Å². The van der Waals surface area contributed by atoms with E-state index >= 15 is 0 Å². The van der Waals surface area contributed by atoms with Gasteiger partial charge in [0.15, 0.2) is 12.4 Å². The van der Waals surface area contributed by atoms with Crippen LogP contribution in [0.3, 0.4) is 0 Å². The van der Waals surface area contributed by atoms with Gasteiger partial charge in [-0.05, 0) is 52.4 Å². The number of nitrogens with zero attached hydrogens (tertiary/aromatic N) is 5. The first-order valence-corrected chi connectivity index (χ1v) is 8.49. The van der Waals surface area contributed by atoms with Crippen LogP contribution in [0.2, 0.25) is 0 Å². The molecule has 0 spiro atoms. The third kappa shape index (κ3) is 3.92. The molecule has 2 aromatic carbocycles. The van der Waals surface area contributed by atoms with Crippen LogP contribution >= 0.6 is 0 Å². The molecule has 0 saturated carbocycles. The Morgan fingerprint density at radius 3 is 2.41 bits per heavy atom. The third-order valence-electron chi connectivity index (χ3n) is 4.12. The average molecular weight is 359 g/mol. The fourth-order valence-electron chi connectivity index (χ4n) is 2.70. The van der Waals surface area contributed by atoms with Crippen LogP contribution in [0.25, 0.3) is 5.69 Å². The molecule has 4 rings (SSSR count). The second-order valence-electron chi connectivity index (χ2n) is 5.95. The largest absolute Gasteiger partial charge is 0.454 e. The first-order valence-electron chi connectivity index (χ1n) is 8.49. The van der Waals surface area contributed by atoms with E-state index in [0.29, 0.717) is 17.9 Å². The van der Waals surface area contributed by atoms with Crippen LogP contribution in [0.4, 0.5) is 0 Å². The predicted molar refractivity (Wildman–Crippen MR) is 98.2 cm³/mol. The molecular weight excluding hydrogens is 342 g/mol. The maximum Gasteiger partial charge on any atom is 0.338 e. The molecule has 4 aromatic rings. The number of hydrogen-bond donors (Lipinski definition) is 0. The highest BCUT2D eigenvalue weighted by molar-refractivity contribution is 5.89. The van der Waals surface area contributed by atoms with Crippen LogP contribution in [0.15, 0.2) is 79.1 Å². The van der Waals surface area contributed by atoms with Gasteiger partial charge in [-0.1, -0.05) is 30.3 Å². The summed E-state index contributed by atoms with van der Waals surface area (Å²) in [5, 5.41) is 11.6. The lowest BCUT2D eigenvalue weighted by Crippen LogP contribution is -2.11. The Bertz CT molecular complexity index is 1010. The van der Waals surface area contributed by atoms with Crippen LogP contribution in [-0.2, 0) is 17.9 Å². The van der Waals surface area contributed by atoms with E-state index in [1.165, 1.54) is 0 Å². The summed E-state index contributed by atoms with van der Waals surface area (Å²) in [6, 6.07) is 21.0. The SMILES string of the molecule is O=C(OCc1nnnn1Cc1ccccc1)c1ccc(-n2cccc2)cc1. The van der Waals surface area contributed by atoms with E-state index in [4.69, 9.17) is 4.74 Å². The quantitative estimate of drug-likeness (QED) is 0.495. The van der Waals surface area contributed by atoms with E-state index in [2.05, 4.69) is 15.5 Å². The molecule has 2 aromatic heterocycles. The van der Waals surface area contributed by atoms with Gasteiger partial charge in [-0.15, -0.1) is 5.10 Å². The second-order valence-corrected chi connectivity index (χ2v) is 5.95. The summed E-state index contributed by atoms with van der Waals surface area (Å²) in [6.07, 6.45) is 3.89. The molecule has 0 saturated heterocycles. The fraction of sp³-hybridized carbons (Fsp3) is 0.100. The van der Waals surface area contributed by atoms with Crippen molar-refractivity contribution in [2.75, 3.05) is 0 Å². The van der Waals surface area contributed by atoms with Crippen molar-refractivity contribution in [2.24, 2.45) is 0 Å². The van der Waals surface area contributed by atoms with E-state index in [9.17, 15) is 4.79 Å². The van der Waals surface area contributed by atoms with Gasteiger partial charge >= 0.3 is 5.97 Å². The number of carbonyl (C=O) groups is 1. The zero-order valence-corrected chi connectivity index (χ0v) is 14.5.